The summed E-state index contributed by atoms with van der Waals surface area (Å²) in [5, 5.41) is 2.52. The molecule has 30 heavy (non-hydrogen) atoms. The average Bonchev–Trinajstić information content (AvgIpc) is 2.73. The molecule has 0 bridgehead atoms. The molecule has 1 heterocycles. The van der Waals surface area contributed by atoms with E-state index in [2.05, 4.69) is 4.98 Å². The van der Waals surface area contributed by atoms with Gasteiger partial charge in [-0.3, -0.25) is 4.98 Å². The van der Waals surface area contributed by atoms with Crippen molar-refractivity contribution in [2.24, 2.45) is 5.73 Å². The van der Waals surface area contributed by atoms with Crippen LogP contribution in [0.15, 0.2) is 48.8 Å². The maximum absolute atomic E-state index is 13.9. The summed E-state index contributed by atoms with van der Waals surface area (Å²) in [6, 6.07) is 9.28. The van der Waals surface area contributed by atoms with E-state index < -0.39 is 17.0 Å². The fourth-order valence-corrected chi connectivity index (χ4v) is 4.90. The van der Waals surface area contributed by atoms with Crippen molar-refractivity contribution in [1.82, 2.24) is 4.98 Å². The van der Waals surface area contributed by atoms with Crippen LogP contribution in [0.25, 0.3) is 10.8 Å². The van der Waals surface area contributed by atoms with Gasteiger partial charge in [-0.25, -0.2) is 8.78 Å². The predicted molar refractivity (Wildman–Crippen MR) is 116 cm³/mol. The third-order valence-corrected chi connectivity index (χ3v) is 6.69. The van der Waals surface area contributed by atoms with Crippen molar-refractivity contribution in [3.8, 4) is 5.75 Å². The predicted octanol–water partition coefficient (Wildman–Crippen LogP) is 6.16. The van der Waals surface area contributed by atoms with E-state index >= 15 is 0 Å². The van der Waals surface area contributed by atoms with Gasteiger partial charge in [0, 0.05) is 35.3 Å². The van der Waals surface area contributed by atoms with Crippen LogP contribution in [0.4, 0.5) is 8.78 Å². The fourth-order valence-electron chi connectivity index (χ4n) is 4.69. The first kappa shape index (κ1) is 21.0. The van der Waals surface area contributed by atoms with Gasteiger partial charge in [-0.05, 0) is 73.4 Å². The molecule has 0 spiro atoms. The van der Waals surface area contributed by atoms with Crippen molar-refractivity contribution in [1.29, 1.82) is 0 Å². The summed E-state index contributed by atoms with van der Waals surface area (Å²) in [6.07, 6.45) is 7.07. The van der Waals surface area contributed by atoms with Gasteiger partial charge < -0.3 is 10.5 Å². The lowest BCUT2D eigenvalue weighted by molar-refractivity contribution is 0.103. The van der Waals surface area contributed by atoms with E-state index in [1.807, 2.05) is 25.1 Å². The van der Waals surface area contributed by atoms with Gasteiger partial charge >= 0.3 is 0 Å². The summed E-state index contributed by atoms with van der Waals surface area (Å²) in [5.41, 5.74) is 6.67. The molecule has 1 atom stereocenters. The fraction of sp³-hybridized carbons (Fsp3) is 0.375. The Hall–Kier alpha value is -2.24. The zero-order valence-corrected chi connectivity index (χ0v) is 17.6. The van der Waals surface area contributed by atoms with Gasteiger partial charge in [0.1, 0.15) is 17.4 Å². The molecule has 1 aliphatic rings. The second kappa shape index (κ2) is 8.48. The van der Waals surface area contributed by atoms with Gasteiger partial charge in [-0.15, -0.1) is 0 Å². The highest BCUT2D eigenvalue weighted by molar-refractivity contribution is 6.32. The summed E-state index contributed by atoms with van der Waals surface area (Å²) in [7, 11) is 0. The normalized spacial score (nSPS) is 22.8. The number of fused-ring (bicyclic) bond motifs is 1. The standard InChI is InChI=1S/C24H25ClF2N2O/c1-2-23(28)24(17-11-18(26)13-19(27)12-17)6-3-20(4-7-24)30-22-10-15-5-8-29-14-16(15)9-21(22)25/h5,8-14,20,23H,2-4,6-7,28H2,1H3/t20?,23-,24?/m0/s1. The highest BCUT2D eigenvalue weighted by atomic mass is 35.5. The Labute approximate surface area is 180 Å². The van der Waals surface area contributed by atoms with E-state index in [4.69, 9.17) is 22.1 Å². The number of pyridine rings is 1. The van der Waals surface area contributed by atoms with Gasteiger partial charge in [0.15, 0.2) is 0 Å². The molecule has 158 valence electrons. The van der Waals surface area contributed by atoms with Gasteiger partial charge in [-0.2, -0.15) is 0 Å². The Balaban J connectivity index is 1.56. The molecule has 3 nitrogen and oxygen atoms in total. The molecule has 1 aliphatic carbocycles. The Morgan fingerprint density at radius 2 is 1.83 bits per heavy atom. The maximum Gasteiger partial charge on any atom is 0.138 e. The number of ether oxygens (including phenoxy) is 1. The lowest BCUT2D eigenvalue weighted by Gasteiger charge is -2.44. The molecular weight excluding hydrogens is 406 g/mol. The molecule has 0 radical (unpaired) electrons. The number of nitrogens with two attached hydrogens (primary N) is 1. The number of nitrogens with zero attached hydrogens (tertiary/aromatic N) is 1. The van der Waals surface area contributed by atoms with E-state index in [0.29, 0.717) is 29.2 Å². The van der Waals surface area contributed by atoms with Crippen molar-refractivity contribution in [3.63, 3.8) is 0 Å². The van der Waals surface area contributed by atoms with Crippen LogP contribution >= 0.6 is 11.6 Å². The van der Waals surface area contributed by atoms with Crippen LogP contribution in [0.2, 0.25) is 5.02 Å². The second-order valence-electron chi connectivity index (χ2n) is 8.15. The van der Waals surface area contributed by atoms with Crippen LogP contribution in [0.5, 0.6) is 5.75 Å². The molecule has 1 fully saturated rings. The molecule has 6 heteroatoms. The van der Waals surface area contributed by atoms with E-state index in [0.717, 1.165) is 36.1 Å². The Bertz CT molecular complexity index is 1030. The molecule has 0 aliphatic heterocycles. The van der Waals surface area contributed by atoms with Crippen molar-refractivity contribution in [2.75, 3.05) is 0 Å². The number of halogens is 3. The number of benzene rings is 2. The maximum atomic E-state index is 13.9. The number of rotatable bonds is 5. The SMILES string of the molecule is CC[C@H](N)C1(c2cc(F)cc(F)c2)CCC(Oc2cc3ccncc3cc2Cl)CC1. The van der Waals surface area contributed by atoms with Gasteiger partial charge in [0.05, 0.1) is 11.1 Å². The van der Waals surface area contributed by atoms with Gasteiger partial charge in [0.2, 0.25) is 0 Å². The minimum Gasteiger partial charge on any atom is -0.489 e. The molecule has 4 rings (SSSR count). The Morgan fingerprint density at radius 3 is 2.50 bits per heavy atom. The molecular formula is C24H25ClF2N2O. The number of hydrogen-bond acceptors (Lipinski definition) is 3. The molecule has 1 saturated carbocycles. The molecule has 0 unspecified atom stereocenters. The van der Waals surface area contributed by atoms with Crippen LogP contribution in [0.1, 0.15) is 44.6 Å². The quantitative estimate of drug-likeness (QED) is 0.527. The minimum atomic E-state index is -0.566. The molecule has 0 amide bonds. The van der Waals surface area contributed by atoms with Gasteiger partial charge in [-0.1, -0.05) is 18.5 Å². The summed E-state index contributed by atoms with van der Waals surface area (Å²) in [6.45, 7) is 2.01. The zero-order valence-electron chi connectivity index (χ0n) is 16.9. The molecule has 3 aromatic rings. The highest BCUT2D eigenvalue weighted by Crippen LogP contribution is 2.44. The van der Waals surface area contributed by atoms with Crippen molar-refractivity contribution in [2.45, 2.75) is 56.6 Å². The Kier molecular flexibility index (Phi) is 5.94. The first-order valence-electron chi connectivity index (χ1n) is 10.3. The van der Waals surface area contributed by atoms with E-state index in [9.17, 15) is 8.78 Å². The monoisotopic (exact) mass is 430 g/mol. The van der Waals surface area contributed by atoms with E-state index in [-0.39, 0.29) is 12.1 Å². The van der Waals surface area contributed by atoms with Gasteiger partial charge in [0.25, 0.3) is 0 Å². The first-order chi connectivity index (χ1) is 14.4. The second-order valence-corrected chi connectivity index (χ2v) is 8.56. The number of hydrogen-bond donors (Lipinski definition) is 1. The summed E-state index contributed by atoms with van der Waals surface area (Å²) in [5.74, 6) is -0.489. The van der Waals surface area contributed by atoms with Crippen molar-refractivity contribution < 1.29 is 13.5 Å². The van der Waals surface area contributed by atoms with Crippen LogP contribution in [-0.4, -0.2) is 17.1 Å². The van der Waals surface area contributed by atoms with Crippen molar-refractivity contribution in [3.05, 3.63) is 71.0 Å². The highest BCUT2D eigenvalue weighted by Gasteiger charge is 2.42. The molecule has 0 saturated heterocycles. The lowest BCUT2D eigenvalue weighted by atomic mass is 9.64. The lowest BCUT2D eigenvalue weighted by Crippen LogP contribution is -2.49. The summed E-state index contributed by atoms with van der Waals surface area (Å²) >= 11 is 6.43. The smallest absolute Gasteiger partial charge is 0.138 e. The Morgan fingerprint density at radius 1 is 1.13 bits per heavy atom. The van der Waals surface area contributed by atoms with Crippen LogP contribution < -0.4 is 10.5 Å². The molecule has 2 aromatic carbocycles. The van der Waals surface area contributed by atoms with Crippen molar-refractivity contribution >= 4 is 22.4 Å². The number of aromatic nitrogens is 1. The zero-order chi connectivity index (χ0) is 21.3. The summed E-state index contributed by atoms with van der Waals surface area (Å²) in [4.78, 5) is 4.12. The molecule has 1 aromatic heterocycles. The molecule has 2 N–H and O–H groups in total. The third-order valence-electron chi connectivity index (χ3n) is 6.40. The average molecular weight is 431 g/mol. The van der Waals surface area contributed by atoms with Crippen LogP contribution in [0.3, 0.4) is 0 Å². The van der Waals surface area contributed by atoms with Crippen LogP contribution in [-0.2, 0) is 5.41 Å². The summed E-state index contributed by atoms with van der Waals surface area (Å²) < 4.78 is 34.1. The van der Waals surface area contributed by atoms with Crippen LogP contribution in [0, 0.1) is 11.6 Å². The van der Waals surface area contributed by atoms with E-state index in [1.165, 1.54) is 12.1 Å². The minimum absolute atomic E-state index is 0.0302. The van der Waals surface area contributed by atoms with E-state index in [1.54, 1.807) is 12.4 Å². The first-order valence-corrected chi connectivity index (χ1v) is 10.7. The largest absolute Gasteiger partial charge is 0.489 e. The topological polar surface area (TPSA) is 48.1 Å². The third kappa shape index (κ3) is 4.01.